The lowest BCUT2D eigenvalue weighted by molar-refractivity contribution is -0.167. The van der Waals surface area contributed by atoms with Gasteiger partial charge in [0.25, 0.3) is 0 Å². The van der Waals surface area contributed by atoms with Crippen LogP contribution in [0.25, 0.3) is 0 Å². The highest BCUT2D eigenvalue weighted by atomic mass is 16.7. The highest BCUT2D eigenvalue weighted by Gasteiger charge is 2.20. The molecule has 0 N–H and O–H groups in total. The molecule has 0 spiro atoms. The van der Waals surface area contributed by atoms with Crippen molar-refractivity contribution >= 4 is 5.78 Å². The van der Waals surface area contributed by atoms with E-state index >= 15 is 0 Å². The highest BCUT2D eigenvalue weighted by Crippen LogP contribution is 2.23. The van der Waals surface area contributed by atoms with Crippen molar-refractivity contribution in [3.8, 4) is 0 Å². The van der Waals surface area contributed by atoms with Gasteiger partial charge < -0.3 is 9.47 Å². The molecule has 0 atom stereocenters. The van der Waals surface area contributed by atoms with Gasteiger partial charge in [0.15, 0.2) is 5.78 Å². The first kappa shape index (κ1) is 14.2. The highest BCUT2D eigenvalue weighted by molar-refractivity contribution is 5.84. The van der Waals surface area contributed by atoms with Crippen molar-refractivity contribution in [2.75, 3.05) is 13.2 Å². The van der Waals surface area contributed by atoms with Crippen molar-refractivity contribution in [3.63, 3.8) is 0 Å². The second-order valence-electron chi connectivity index (χ2n) is 4.84. The Balaban J connectivity index is 2.01. The molecule has 1 aromatic rings. The van der Waals surface area contributed by atoms with Crippen LogP contribution in [0.15, 0.2) is 18.2 Å². The molecule has 2 rings (SSSR count). The van der Waals surface area contributed by atoms with Crippen LogP contribution in [-0.2, 0) is 33.5 Å². The third kappa shape index (κ3) is 3.64. The van der Waals surface area contributed by atoms with E-state index in [9.17, 15) is 4.79 Å². The molecule has 1 aliphatic rings. The third-order valence-electron chi connectivity index (χ3n) is 3.44. The van der Waals surface area contributed by atoms with Crippen molar-refractivity contribution in [1.29, 1.82) is 0 Å². The summed E-state index contributed by atoms with van der Waals surface area (Å²) in [5, 5.41) is 0. The number of Topliss-reactive ketones (excluding diaryl/α,β-unsaturated/α-hetero) is 1. The molecule has 0 heterocycles. The number of ketones is 1. The van der Waals surface area contributed by atoms with E-state index in [2.05, 4.69) is 18.2 Å². The number of rotatable bonds is 7. The number of hydrogen-bond donors (Lipinski definition) is 0. The topological polar surface area (TPSA) is 35.5 Å². The van der Waals surface area contributed by atoms with E-state index in [4.69, 9.17) is 9.47 Å². The standard InChI is InChI=1S/C16H22O3/c1-3-18-16(19-4-2)15(17)11-12-8-9-13-6-5-7-14(13)10-12/h8-10,16H,3-7,11H2,1-2H3. The first-order chi connectivity index (χ1) is 9.24. The maximum Gasteiger partial charge on any atom is 0.218 e. The van der Waals surface area contributed by atoms with Crippen LogP contribution in [0.4, 0.5) is 0 Å². The molecule has 0 aliphatic heterocycles. The Bertz CT molecular complexity index is 434. The van der Waals surface area contributed by atoms with Gasteiger partial charge >= 0.3 is 0 Å². The van der Waals surface area contributed by atoms with Gasteiger partial charge in [0.1, 0.15) is 0 Å². The van der Waals surface area contributed by atoms with Crippen LogP contribution in [0.2, 0.25) is 0 Å². The van der Waals surface area contributed by atoms with Gasteiger partial charge in [0.2, 0.25) is 6.29 Å². The predicted molar refractivity (Wildman–Crippen MR) is 74.2 cm³/mol. The van der Waals surface area contributed by atoms with E-state index in [0.29, 0.717) is 19.6 Å². The minimum absolute atomic E-state index is 0.00152. The van der Waals surface area contributed by atoms with Crippen LogP contribution in [0.3, 0.4) is 0 Å². The number of carbonyl (C=O) groups is 1. The summed E-state index contributed by atoms with van der Waals surface area (Å²) in [6, 6.07) is 6.37. The fraction of sp³-hybridized carbons (Fsp3) is 0.562. The lowest BCUT2D eigenvalue weighted by Crippen LogP contribution is -2.29. The molecular formula is C16H22O3. The number of fused-ring (bicyclic) bond motifs is 1. The van der Waals surface area contributed by atoms with Gasteiger partial charge in [-0.25, -0.2) is 0 Å². The van der Waals surface area contributed by atoms with E-state index in [0.717, 1.165) is 12.0 Å². The molecule has 0 radical (unpaired) electrons. The summed E-state index contributed by atoms with van der Waals surface area (Å²) in [5.74, 6) is 0.00152. The molecule has 0 fully saturated rings. The predicted octanol–water partition coefficient (Wildman–Crippen LogP) is 2.69. The van der Waals surface area contributed by atoms with Gasteiger partial charge in [-0.15, -0.1) is 0 Å². The van der Waals surface area contributed by atoms with Gasteiger partial charge in [-0.05, 0) is 49.8 Å². The summed E-state index contributed by atoms with van der Waals surface area (Å²) >= 11 is 0. The number of ether oxygens (including phenoxy) is 2. The van der Waals surface area contributed by atoms with Crippen LogP contribution in [0.5, 0.6) is 0 Å². The summed E-state index contributed by atoms with van der Waals surface area (Å²) < 4.78 is 10.7. The van der Waals surface area contributed by atoms with Gasteiger partial charge in [-0.1, -0.05) is 18.2 Å². The molecule has 0 unspecified atom stereocenters. The van der Waals surface area contributed by atoms with E-state index in [1.165, 1.54) is 24.0 Å². The average Bonchev–Trinajstić information content (AvgIpc) is 2.86. The lowest BCUT2D eigenvalue weighted by Gasteiger charge is -2.15. The van der Waals surface area contributed by atoms with E-state index < -0.39 is 6.29 Å². The van der Waals surface area contributed by atoms with Crippen LogP contribution in [0, 0.1) is 0 Å². The quantitative estimate of drug-likeness (QED) is 0.709. The summed E-state index contributed by atoms with van der Waals surface area (Å²) in [5.41, 5.74) is 3.90. The van der Waals surface area contributed by atoms with Crippen molar-refractivity contribution in [3.05, 3.63) is 34.9 Å². The van der Waals surface area contributed by atoms with Crippen LogP contribution in [0.1, 0.15) is 37.0 Å². The third-order valence-corrected chi connectivity index (χ3v) is 3.44. The number of benzene rings is 1. The molecule has 104 valence electrons. The second-order valence-corrected chi connectivity index (χ2v) is 4.84. The maximum atomic E-state index is 12.1. The van der Waals surface area contributed by atoms with Gasteiger partial charge in [-0.3, -0.25) is 4.79 Å². The first-order valence-electron chi connectivity index (χ1n) is 7.11. The molecule has 3 heteroatoms. The Labute approximate surface area is 114 Å². The molecule has 0 bridgehead atoms. The van der Waals surface area contributed by atoms with E-state index in [1.54, 1.807) is 0 Å². The normalized spacial score (nSPS) is 13.8. The van der Waals surface area contributed by atoms with Crippen LogP contribution < -0.4 is 0 Å². The summed E-state index contributed by atoms with van der Waals surface area (Å²) in [6.07, 6.45) is 3.20. The Morgan fingerprint density at radius 2 is 1.84 bits per heavy atom. The largest absolute Gasteiger partial charge is 0.346 e. The lowest BCUT2D eigenvalue weighted by atomic mass is 10.0. The molecule has 0 amide bonds. The Morgan fingerprint density at radius 3 is 2.53 bits per heavy atom. The Morgan fingerprint density at radius 1 is 1.16 bits per heavy atom. The molecule has 19 heavy (non-hydrogen) atoms. The van der Waals surface area contributed by atoms with Crippen molar-refractivity contribution in [2.45, 2.75) is 45.8 Å². The monoisotopic (exact) mass is 262 g/mol. The van der Waals surface area contributed by atoms with Crippen LogP contribution in [-0.4, -0.2) is 25.3 Å². The average molecular weight is 262 g/mol. The summed E-state index contributed by atoms with van der Waals surface area (Å²) in [4.78, 5) is 12.1. The minimum atomic E-state index is -0.719. The number of carbonyl (C=O) groups excluding carboxylic acids is 1. The zero-order chi connectivity index (χ0) is 13.7. The van der Waals surface area contributed by atoms with Gasteiger partial charge in [-0.2, -0.15) is 0 Å². The molecule has 0 aromatic heterocycles. The molecule has 0 saturated heterocycles. The molecule has 0 saturated carbocycles. The van der Waals surface area contributed by atoms with Crippen molar-refractivity contribution in [2.24, 2.45) is 0 Å². The Hall–Kier alpha value is -1.19. The smallest absolute Gasteiger partial charge is 0.218 e. The fourth-order valence-corrected chi connectivity index (χ4v) is 2.56. The van der Waals surface area contributed by atoms with Gasteiger partial charge in [0.05, 0.1) is 0 Å². The van der Waals surface area contributed by atoms with Crippen LogP contribution >= 0.6 is 0 Å². The number of aryl methyl sites for hydroxylation is 2. The van der Waals surface area contributed by atoms with E-state index in [1.807, 2.05) is 13.8 Å². The zero-order valence-corrected chi connectivity index (χ0v) is 11.8. The first-order valence-corrected chi connectivity index (χ1v) is 7.11. The minimum Gasteiger partial charge on any atom is -0.346 e. The second kappa shape index (κ2) is 6.83. The fourth-order valence-electron chi connectivity index (χ4n) is 2.56. The molecule has 1 aliphatic carbocycles. The van der Waals surface area contributed by atoms with E-state index in [-0.39, 0.29) is 5.78 Å². The molecule has 1 aromatic carbocycles. The SMILES string of the molecule is CCOC(OCC)C(=O)Cc1ccc2c(c1)CCC2. The summed E-state index contributed by atoms with van der Waals surface area (Å²) in [7, 11) is 0. The zero-order valence-electron chi connectivity index (χ0n) is 11.8. The maximum absolute atomic E-state index is 12.1. The van der Waals surface area contributed by atoms with Crippen molar-refractivity contribution in [1.82, 2.24) is 0 Å². The van der Waals surface area contributed by atoms with Crippen molar-refractivity contribution < 1.29 is 14.3 Å². The Kier molecular flexibility index (Phi) is 5.11. The molecule has 3 nitrogen and oxygen atoms in total. The molecular weight excluding hydrogens is 240 g/mol. The van der Waals surface area contributed by atoms with Gasteiger partial charge in [0, 0.05) is 19.6 Å². The number of hydrogen-bond acceptors (Lipinski definition) is 3. The summed E-state index contributed by atoms with van der Waals surface area (Å²) in [6.45, 7) is 4.71.